The molecule has 3 nitrogen and oxygen atoms in total. The van der Waals surface area contributed by atoms with Crippen molar-refractivity contribution in [2.75, 3.05) is 6.54 Å². The molecule has 2 heterocycles. The molecule has 4 heteroatoms. The second-order valence-corrected chi connectivity index (χ2v) is 7.20. The average Bonchev–Trinajstić information content (AvgIpc) is 3.14. The molecule has 0 fully saturated rings. The Kier molecular flexibility index (Phi) is 4.03. The summed E-state index contributed by atoms with van der Waals surface area (Å²) >= 11 is 1.62. The molecule has 0 bridgehead atoms. The first-order valence-electron chi connectivity index (χ1n) is 7.42. The van der Waals surface area contributed by atoms with Crippen molar-refractivity contribution < 1.29 is 4.79 Å². The van der Waals surface area contributed by atoms with Crippen LogP contribution in [-0.4, -0.2) is 17.4 Å². The van der Waals surface area contributed by atoms with E-state index in [1.807, 2.05) is 29.6 Å². The highest BCUT2D eigenvalue weighted by Gasteiger charge is 2.24. The summed E-state index contributed by atoms with van der Waals surface area (Å²) in [7, 11) is 0. The maximum atomic E-state index is 12.1. The summed E-state index contributed by atoms with van der Waals surface area (Å²) in [5, 5.41) is 6.29. The highest BCUT2D eigenvalue weighted by molar-refractivity contribution is 7.10. The molecule has 22 heavy (non-hydrogen) atoms. The molecule has 0 aliphatic heterocycles. The van der Waals surface area contributed by atoms with Crippen LogP contribution in [0.3, 0.4) is 0 Å². The van der Waals surface area contributed by atoms with Crippen LogP contribution in [0.25, 0.3) is 10.9 Å². The van der Waals surface area contributed by atoms with Gasteiger partial charge in [0.1, 0.15) is 0 Å². The zero-order valence-corrected chi connectivity index (χ0v) is 13.7. The van der Waals surface area contributed by atoms with Gasteiger partial charge in [0.2, 0.25) is 5.91 Å². The zero-order chi connectivity index (χ0) is 15.6. The number of H-pyrrole nitrogens is 1. The molecule has 1 aromatic carbocycles. The lowest BCUT2D eigenvalue weighted by Gasteiger charge is -2.25. The Morgan fingerprint density at radius 2 is 2.05 bits per heavy atom. The van der Waals surface area contributed by atoms with Crippen molar-refractivity contribution in [3.63, 3.8) is 0 Å². The van der Waals surface area contributed by atoms with Gasteiger partial charge in [0, 0.05) is 33.9 Å². The third kappa shape index (κ3) is 3.07. The van der Waals surface area contributed by atoms with Crippen molar-refractivity contribution in [2.45, 2.75) is 25.7 Å². The molecule has 3 aromatic rings. The van der Waals surface area contributed by atoms with Gasteiger partial charge in [-0.2, -0.15) is 0 Å². The Bertz CT molecular complexity index is 771. The van der Waals surface area contributed by atoms with Crippen LogP contribution in [0, 0.1) is 0 Å². The van der Waals surface area contributed by atoms with Gasteiger partial charge in [-0.15, -0.1) is 11.3 Å². The SMILES string of the molecule is CC(C)(CNC(=O)Cc1cccs1)c1c[nH]c2ccccc12. The Labute approximate surface area is 134 Å². The van der Waals surface area contributed by atoms with Gasteiger partial charge >= 0.3 is 0 Å². The average molecular weight is 312 g/mol. The summed E-state index contributed by atoms with van der Waals surface area (Å²) < 4.78 is 0. The number of nitrogens with one attached hydrogen (secondary N) is 2. The third-order valence-corrected chi connectivity index (χ3v) is 4.84. The molecule has 0 unspecified atom stereocenters. The molecule has 0 aliphatic carbocycles. The molecule has 0 aliphatic rings. The lowest BCUT2D eigenvalue weighted by molar-refractivity contribution is -0.120. The first kappa shape index (κ1) is 14.9. The van der Waals surface area contributed by atoms with Crippen LogP contribution < -0.4 is 5.32 Å². The van der Waals surface area contributed by atoms with Gasteiger partial charge in [0.15, 0.2) is 0 Å². The standard InChI is InChI=1S/C18H20N2OS/c1-18(2,12-20-17(21)10-13-6-5-9-22-13)15-11-19-16-8-4-3-7-14(15)16/h3-9,11,19H,10,12H2,1-2H3,(H,20,21). The number of hydrogen-bond acceptors (Lipinski definition) is 2. The van der Waals surface area contributed by atoms with E-state index in [9.17, 15) is 4.79 Å². The maximum absolute atomic E-state index is 12.1. The van der Waals surface area contributed by atoms with Gasteiger partial charge in [-0.25, -0.2) is 0 Å². The van der Waals surface area contributed by atoms with Gasteiger partial charge in [-0.05, 0) is 23.1 Å². The van der Waals surface area contributed by atoms with E-state index < -0.39 is 0 Å². The van der Waals surface area contributed by atoms with Crippen molar-refractivity contribution in [1.82, 2.24) is 10.3 Å². The highest BCUT2D eigenvalue weighted by atomic mass is 32.1. The number of rotatable bonds is 5. The highest BCUT2D eigenvalue weighted by Crippen LogP contribution is 2.29. The smallest absolute Gasteiger partial charge is 0.225 e. The summed E-state index contributed by atoms with van der Waals surface area (Å²) in [4.78, 5) is 16.5. The van der Waals surface area contributed by atoms with Gasteiger partial charge in [-0.3, -0.25) is 4.79 Å². The molecule has 1 amide bonds. The minimum atomic E-state index is -0.120. The second-order valence-electron chi connectivity index (χ2n) is 6.16. The molecule has 0 spiro atoms. The van der Waals surface area contributed by atoms with Crippen LogP contribution in [0.15, 0.2) is 48.0 Å². The number of fused-ring (bicyclic) bond motifs is 1. The van der Waals surface area contributed by atoms with E-state index in [0.29, 0.717) is 13.0 Å². The molecule has 0 saturated heterocycles. The van der Waals surface area contributed by atoms with E-state index in [0.717, 1.165) is 10.4 Å². The van der Waals surface area contributed by atoms with Crippen LogP contribution in [0.2, 0.25) is 0 Å². The minimum absolute atomic E-state index is 0.0790. The molecular formula is C18H20N2OS. The summed E-state index contributed by atoms with van der Waals surface area (Å²) in [6.45, 7) is 4.95. The number of para-hydroxylation sites is 1. The number of carbonyl (C=O) groups excluding carboxylic acids is 1. The number of thiophene rings is 1. The van der Waals surface area contributed by atoms with Crippen molar-refractivity contribution in [2.24, 2.45) is 0 Å². The van der Waals surface area contributed by atoms with Crippen LogP contribution in [0.4, 0.5) is 0 Å². The number of hydrogen-bond donors (Lipinski definition) is 2. The normalized spacial score (nSPS) is 11.7. The molecule has 3 rings (SSSR count). The number of benzene rings is 1. The lowest BCUT2D eigenvalue weighted by Crippen LogP contribution is -2.37. The molecule has 2 N–H and O–H groups in total. The molecule has 0 saturated carbocycles. The van der Waals surface area contributed by atoms with Crippen molar-refractivity contribution in [3.8, 4) is 0 Å². The monoisotopic (exact) mass is 312 g/mol. The zero-order valence-electron chi connectivity index (χ0n) is 12.8. The van der Waals surface area contributed by atoms with E-state index in [-0.39, 0.29) is 11.3 Å². The fourth-order valence-corrected chi connectivity index (χ4v) is 3.38. The largest absolute Gasteiger partial charge is 0.361 e. The van der Waals surface area contributed by atoms with Gasteiger partial charge < -0.3 is 10.3 Å². The number of aromatic nitrogens is 1. The quantitative estimate of drug-likeness (QED) is 0.738. The van der Waals surface area contributed by atoms with E-state index in [4.69, 9.17) is 0 Å². The van der Waals surface area contributed by atoms with Gasteiger partial charge in [0.25, 0.3) is 0 Å². The van der Waals surface area contributed by atoms with E-state index >= 15 is 0 Å². The fourth-order valence-electron chi connectivity index (χ4n) is 2.68. The summed E-state index contributed by atoms with van der Waals surface area (Å²) in [5.41, 5.74) is 2.25. The van der Waals surface area contributed by atoms with Crippen LogP contribution in [-0.2, 0) is 16.6 Å². The predicted octanol–water partition coefficient (Wildman–Crippen LogP) is 3.87. The molecular weight excluding hydrogens is 292 g/mol. The van der Waals surface area contributed by atoms with E-state index in [1.54, 1.807) is 11.3 Å². The maximum Gasteiger partial charge on any atom is 0.225 e. The summed E-state index contributed by atoms with van der Waals surface area (Å²) in [6.07, 6.45) is 2.51. The third-order valence-electron chi connectivity index (χ3n) is 3.96. The Balaban J connectivity index is 1.69. The summed E-state index contributed by atoms with van der Waals surface area (Å²) in [6, 6.07) is 12.2. The lowest BCUT2D eigenvalue weighted by atomic mass is 9.84. The van der Waals surface area contributed by atoms with Crippen LogP contribution in [0.5, 0.6) is 0 Å². The molecule has 2 aromatic heterocycles. The topological polar surface area (TPSA) is 44.9 Å². The molecule has 0 radical (unpaired) electrons. The number of aromatic amines is 1. The minimum Gasteiger partial charge on any atom is -0.361 e. The van der Waals surface area contributed by atoms with Crippen molar-refractivity contribution in [3.05, 3.63) is 58.4 Å². The first-order valence-corrected chi connectivity index (χ1v) is 8.30. The predicted molar refractivity (Wildman–Crippen MR) is 92.4 cm³/mol. The number of carbonyl (C=O) groups is 1. The fraction of sp³-hybridized carbons (Fsp3) is 0.278. The van der Waals surface area contributed by atoms with E-state index in [2.05, 4.69) is 42.5 Å². The van der Waals surface area contributed by atoms with E-state index in [1.165, 1.54) is 10.9 Å². The Hall–Kier alpha value is -2.07. The molecule has 114 valence electrons. The molecule has 0 atom stereocenters. The van der Waals surface area contributed by atoms with Crippen molar-refractivity contribution in [1.29, 1.82) is 0 Å². The van der Waals surface area contributed by atoms with Crippen LogP contribution in [0.1, 0.15) is 24.3 Å². The second kappa shape index (κ2) is 5.97. The summed E-state index contributed by atoms with van der Waals surface area (Å²) in [5.74, 6) is 0.0790. The Morgan fingerprint density at radius 3 is 2.82 bits per heavy atom. The number of amides is 1. The van der Waals surface area contributed by atoms with Gasteiger partial charge in [-0.1, -0.05) is 38.1 Å². The van der Waals surface area contributed by atoms with Gasteiger partial charge in [0.05, 0.1) is 6.42 Å². The van der Waals surface area contributed by atoms with Crippen LogP contribution >= 0.6 is 11.3 Å². The van der Waals surface area contributed by atoms with Crippen molar-refractivity contribution >= 4 is 28.1 Å². The first-order chi connectivity index (χ1) is 10.6. The Morgan fingerprint density at radius 1 is 1.23 bits per heavy atom.